The van der Waals surface area contributed by atoms with E-state index < -0.39 is 10.0 Å². The van der Waals surface area contributed by atoms with Crippen LogP contribution in [0.5, 0.6) is 0 Å². The molecule has 3 N–H and O–H groups in total. The highest BCUT2D eigenvalue weighted by molar-refractivity contribution is 7.89. The van der Waals surface area contributed by atoms with E-state index in [1.807, 2.05) is 18.2 Å². The summed E-state index contributed by atoms with van der Waals surface area (Å²) in [6.07, 6.45) is 3.43. The lowest BCUT2D eigenvalue weighted by atomic mass is 9.98. The maximum absolute atomic E-state index is 12.4. The number of carbonyl (C=O) groups is 1. The number of nitrogens with zero attached hydrogens (tertiary/aromatic N) is 1. The zero-order valence-electron chi connectivity index (χ0n) is 19.2. The Kier molecular flexibility index (Phi) is 7.77. The van der Waals surface area contributed by atoms with Gasteiger partial charge in [0, 0.05) is 19.5 Å². The van der Waals surface area contributed by atoms with Crippen LogP contribution in [0.15, 0.2) is 77.7 Å². The molecule has 0 aromatic heterocycles. The summed E-state index contributed by atoms with van der Waals surface area (Å²) in [5, 5.41) is 8.14. The third-order valence-corrected chi connectivity index (χ3v) is 7.19. The van der Waals surface area contributed by atoms with Gasteiger partial charge in [0.25, 0.3) is 0 Å². The van der Waals surface area contributed by atoms with Gasteiger partial charge in [-0.2, -0.15) is 0 Å². The molecule has 6 nitrogen and oxygen atoms in total. The molecule has 1 amide bonds. The van der Waals surface area contributed by atoms with Gasteiger partial charge in [0.05, 0.1) is 4.90 Å². The predicted molar refractivity (Wildman–Crippen MR) is 134 cm³/mol. The molecule has 1 aliphatic heterocycles. The quantitative estimate of drug-likeness (QED) is 0.490. The molecule has 4 rings (SSSR count). The minimum Gasteiger partial charge on any atom is -0.352 e. The maximum atomic E-state index is 12.4. The number of aryl methyl sites for hydroxylation is 1. The number of hydrogen-bond acceptors (Lipinski definition) is 4. The third-order valence-electron chi connectivity index (χ3n) is 6.26. The van der Waals surface area contributed by atoms with Crippen LogP contribution in [0.3, 0.4) is 0 Å². The molecular formula is C27H31N3O3S. The van der Waals surface area contributed by atoms with Crippen LogP contribution < -0.4 is 10.5 Å². The Morgan fingerprint density at radius 3 is 2.21 bits per heavy atom. The van der Waals surface area contributed by atoms with E-state index in [-0.39, 0.29) is 10.8 Å². The number of likely N-dealkylation sites (tertiary alicyclic amines) is 1. The first-order valence-electron chi connectivity index (χ1n) is 11.7. The van der Waals surface area contributed by atoms with Crippen LogP contribution in [0.4, 0.5) is 0 Å². The number of nitrogens with two attached hydrogens (primary N) is 1. The van der Waals surface area contributed by atoms with Crippen molar-refractivity contribution >= 4 is 15.9 Å². The van der Waals surface area contributed by atoms with E-state index >= 15 is 0 Å². The Balaban J connectivity index is 1.32. The maximum Gasteiger partial charge on any atom is 0.238 e. The van der Waals surface area contributed by atoms with Crippen LogP contribution in [-0.2, 0) is 34.3 Å². The minimum atomic E-state index is -3.71. The summed E-state index contributed by atoms with van der Waals surface area (Å²) in [5.74, 6) is -0.0497. The summed E-state index contributed by atoms with van der Waals surface area (Å²) in [7, 11) is -3.71. The normalized spacial score (nSPS) is 14.3. The van der Waals surface area contributed by atoms with E-state index in [9.17, 15) is 13.2 Å². The highest BCUT2D eigenvalue weighted by Gasteiger charge is 2.12. The molecule has 3 aromatic rings. The second kappa shape index (κ2) is 11.0. The van der Waals surface area contributed by atoms with Gasteiger partial charge in [0.15, 0.2) is 0 Å². The number of rotatable bonds is 9. The molecule has 1 fully saturated rings. The molecule has 3 aromatic carbocycles. The predicted octanol–water partition coefficient (Wildman–Crippen LogP) is 3.85. The standard InChI is InChI=1S/C27H31N3O3S/c28-34(32,33)25-14-9-21(10-15-25)11-16-27(31)29-19-24-5-1-2-6-26(24)23-12-7-22(8-13-23)20-30-17-3-4-18-30/h1-2,5-10,12-15H,3-4,11,16-20H2,(H,29,31)(H2,28,32,33). The van der Waals surface area contributed by atoms with Crippen LogP contribution in [0.2, 0.25) is 0 Å². The SMILES string of the molecule is NS(=O)(=O)c1ccc(CCC(=O)NCc2ccccc2-c2ccc(CN3CCCC3)cc2)cc1. The van der Waals surface area contributed by atoms with Gasteiger partial charge in [-0.3, -0.25) is 9.69 Å². The highest BCUT2D eigenvalue weighted by atomic mass is 32.2. The van der Waals surface area contributed by atoms with E-state index in [1.165, 1.54) is 43.6 Å². The van der Waals surface area contributed by atoms with Crippen LogP contribution in [0.25, 0.3) is 11.1 Å². The number of amides is 1. The van der Waals surface area contributed by atoms with Gasteiger partial charge in [0.1, 0.15) is 0 Å². The Labute approximate surface area is 201 Å². The Hall–Kier alpha value is -3.00. The van der Waals surface area contributed by atoms with Crippen molar-refractivity contribution in [2.24, 2.45) is 5.14 Å². The Morgan fingerprint density at radius 2 is 1.53 bits per heavy atom. The number of primary sulfonamides is 1. The van der Waals surface area contributed by atoms with Crippen molar-refractivity contribution < 1.29 is 13.2 Å². The zero-order chi connectivity index (χ0) is 24.0. The van der Waals surface area contributed by atoms with Crippen LogP contribution in [-0.4, -0.2) is 32.3 Å². The fraction of sp³-hybridized carbons (Fsp3) is 0.296. The fourth-order valence-corrected chi connectivity index (χ4v) is 4.85. The van der Waals surface area contributed by atoms with E-state index in [0.29, 0.717) is 19.4 Å². The van der Waals surface area contributed by atoms with Gasteiger partial charge in [0.2, 0.25) is 15.9 Å². The first kappa shape index (κ1) is 24.1. The molecule has 0 bridgehead atoms. The molecule has 0 atom stereocenters. The number of benzene rings is 3. The van der Waals surface area contributed by atoms with Crippen LogP contribution in [0.1, 0.15) is 36.0 Å². The van der Waals surface area contributed by atoms with E-state index in [1.54, 1.807) is 12.1 Å². The number of nitrogens with one attached hydrogen (secondary N) is 1. The lowest BCUT2D eigenvalue weighted by Crippen LogP contribution is -2.23. The summed E-state index contributed by atoms with van der Waals surface area (Å²) >= 11 is 0. The van der Waals surface area contributed by atoms with Gasteiger partial charge in [-0.05, 0) is 72.3 Å². The summed E-state index contributed by atoms with van der Waals surface area (Å²) in [6.45, 7) is 3.83. The average Bonchev–Trinajstić information content (AvgIpc) is 3.35. The topological polar surface area (TPSA) is 92.5 Å². The van der Waals surface area contributed by atoms with Gasteiger partial charge in [-0.15, -0.1) is 0 Å². The Morgan fingerprint density at radius 1 is 0.882 bits per heavy atom. The van der Waals surface area contributed by atoms with Crippen LogP contribution in [0, 0.1) is 0 Å². The highest BCUT2D eigenvalue weighted by Crippen LogP contribution is 2.25. The molecular weight excluding hydrogens is 446 g/mol. The van der Waals surface area contributed by atoms with E-state index in [0.717, 1.165) is 28.8 Å². The first-order chi connectivity index (χ1) is 16.4. The second-order valence-electron chi connectivity index (χ2n) is 8.80. The molecule has 0 aliphatic carbocycles. The molecule has 178 valence electrons. The fourth-order valence-electron chi connectivity index (χ4n) is 4.33. The van der Waals surface area contributed by atoms with Crippen molar-refractivity contribution in [3.05, 3.63) is 89.5 Å². The molecule has 7 heteroatoms. The summed E-state index contributed by atoms with van der Waals surface area (Å²) in [4.78, 5) is 15.0. The monoisotopic (exact) mass is 477 g/mol. The van der Waals surface area contributed by atoms with Crippen molar-refractivity contribution in [1.29, 1.82) is 0 Å². The minimum absolute atomic E-state index is 0.0497. The summed E-state index contributed by atoms with van der Waals surface area (Å²) in [6, 6.07) is 23.2. The second-order valence-corrected chi connectivity index (χ2v) is 10.4. The van der Waals surface area contributed by atoms with Gasteiger partial charge < -0.3 is 5.32 Å². The molecule has 0 radical (unpaired) electrons. The largest absolute Gasteiger partial charge is 0.352 e. The molecule has 0 saturated carbocycles. The van der Waals surface area contributed by atoms with Crippen molar-refractivity contribution in [1.82, 2.24) is 10.2 Å². The average molecular weight is 478 g/mol. The summed E-state index contributed by atoms with van der Waals surface area (Å²) in [5.41, 5.74) is 5.55. The van der Waals surface area contributed by atoms with Gasteiger partial charge >= 0.3 is 0 Å². The van der Waals surface area contributed by atoms with E-state index in [2.05, 4.69) is 40.5 Å². The van der Waals surface area contributed by atoms with Gasteiger partial charge in [-0.25, -0.2) is 13.6 Å². The molecule has 34 heavy (non-hydrogen) atoms. The van der Waals surface area contributed by atoms with Crippen molar-refractivity contribution in [2.75, 3.05) is 13.1 Å². The number of carbonyl (C=O) groups excluding carboxylic acids is 1. The molecule has 0 unspecified atom stereocenters. The lowest BCUT2D eigenvalue weighted by molar-refractivity contribution is -0.121. The van der Waals surface area contributed by atoms with E-state index in [4.69, 9.17) is 5.14 Å². The van der Waals surface area contributed by atoms with Gasteiger partial charge in [-0.1, -0.05) is 60.7 Å². The Bertz CT molecular complexity index is 1220. The molecule has 1 heterocycles. The van der Waals surface area contributed by atoms with Crippen molar-refractivity contribution in [3.63, 3.8) is 0 Å². The smallest absolute Gasteiger partial charge is 0.238 e. The molecule has 0 spiro atoms. The van der Waals surface area contributed by atoms with Crippen molar-refractivity contribution in [2.45, 2.75) is 43.7 Å². The first-order valence-corrected chi connectivity index (χ1v) is 13.2. The third kappa shape index (κ3) is 6.53. The molecule has 1 saturated heterocycles. The summed E-state index contributed by atoms with van der Waals surface area (Å²) < 4.78 is 22.7. The zero-order valence-corrected chi connectivity index (χ0v) is 20.1. The van der Waals surface area contributed by atoms with Crippen LogP contribution >= 0.6 is 0 Å². The number of sulfonamides is 1. The number of hydrogen-bond donors (Lipinski definition) is 2. The molecule has 1 aliphatic rings. The lowest BCUT2D eigenvalue weighted by Gasteiger charge is -2.15. The van der Waals surface area contributed by atoms with Crippen molar-refractivity contribution in [3.8, 4) is 11.1 Å².